The molecule has 8 nitrogen and oxygen atoms in total. The molecule has 0 radical (unpaired) electrons. The molecule has 1 aromatic carbocycles. The van der Waals surface area contributed by atoms with Crippen molar-refractivity contribution in [1.82, 2.24) is 10.3 Å². The van der Waals surface area contributed by atoms with Crippen LogP contribution in [0.2, 0.25) is 0 Å². The Morgan fingerprint density at radius 2 is 2.29 bits per heavy atom. The summed E-state index contributed by atoms with van der Waals surface area (Å²) >= 11 is 1.49. The minimum absolute atomic E-state index is 0.0584. The molecule has 0 spiro atoms. The number of rotatable bonds is 9. The van der Waals surface area contributed by atoms with Gasteiger partial charge in [-0.1, -0.05) is 12.1 Å². The van der Waals surface area contributed by atoms with E-state index < -0.39 is 0 Å². The number of urea groups is 1. The third kappa shape index (κ3) is 5.08. The molecule has 0 aliphatic carbocycles. The molecule has 0 unspecified atom stereocenters. The van der Waals surface area contributed by atoms with Crippen molar-refractivity contribution in [3.8, 4) is 11.3 Å². The van der Waals surface area contributed by atoms with Crippen molar-refractivity contribution in [3.05, 3.63) is 41.5 Å². The first-order chi connectivity index (χ1) is 13.7. The molecule has 1 fully saturated rings. The first kappa shape index (κ1) is 19.8. The van der Waals surface area contributed by atoms with Gasteiger partial charge >= 0.3 is 6.03 Å². The smallest absolute Gasteiger partial charge is 0.321 e. The zero-order valence-corrected chi connectivity index (χ0v) is 16.5. The third-order valence-corrected chi connectivity index (χ3v) is 4.82. The zero-order chi connectivity index (χ0) is 19.8. The fourth-order valence-corrected chi connectivity index (χ4v) is 3.40. The second kappa shape index (κ2) is 9.86. The minimum atomic E-state index is -0.0584. The Morgan fingerprint density at radius 1 is 1.46 bits per heavy atom. The molecule has 2 heterocycles. The van der Waals surface area contributed by atoms with Crippen molar-refractivity contribution in [2.45, 2.75) is 6.92 Å². The summed E-state index contributed by atoms with van der Waals surface area (Å²) in [4.78, 5) is 22.4. The van der Waals surface area contributed by atoms with E-state index in [0.29, 0.717) is 38.5 Å². The van der Waals surface area contributed by atoms with Crippen LogP contribution in [0.5, 0.6) is 0 Å². The highest BCUT2D eigenvalue weighted by atomic mass is 32.1. The number of nitrogens with two attached hydrogens (primary N) is 1. The maximum absolute atomic E-state index is 11.8. The lowest BCUT2D eigenvalue weighted by molar-refractivity contribution is 0.156. The Morgan fingerprint density at radius 3 is 2.96 bits per heavy atom. The molecular formula is C19H24N6O2S. The summed E-state index contributed by atoms with van der Waals surface area (Å²) in [5.74, 6) is 0. The molecule has 4 N–H and O–H groups in total. The van der Waals surface area contributed by atoms with E-state index in [1.54, 1.807) is 11.1 Å². The average molecular weight is 401 g/mol. The van der Waals surface area contributed by atoms with Gasteiger partial charge < -0.3 is 21.1 Å². The molecule has 1 aliphatic rings. The van der Waals surface area contributed by atoms with E-state index in [1.807, 2.05) is 36.6 Å². The highest BCUT2D eigenvalue weighted by Gasteiger charge is 2.20. The van der Waals surface area contributed by atoms with E-state index in [1.165, 1.54) is 17.5 Å². The minimum Gasteiger partial charge on any atom is -0.403 e. The van der Waals surface area contributed by atoms with Gasteiger partial charge in [0.25, 0.3) is 0 Å². The van der Waals surface area contributed by atoms with Gasteiger partial charge in [-0.3, -0.25) is 9.89 Å². The highest BCUT2D eigenvalue weighted by molar-refractivity contribution is 7.14. The quantitative estimate of drug-likeness (QED) is 0.443. The van der Waals surface area contributed by atoms with Crippen LogP contribution in [0.4, 0.5) is 15.6 Å². The van der Waals surface area contributed by atoms with E-state index in [-0.39, 0.29) is 6.03 Å². The average Bonchev–Trinajstić information content (AvgIpc) is 3.36. The predicted octanol–water partition coefficient (Wildman–Crippen LogP) is 2.66. The fraction of sp³-hybridized carbons (Fsp3) is 0.316. The van der Waals surface area contributed by atoms with Gasteiger partial charge in [-0.25, -0.2) is 9.78 Å². The molecule has 2 aromatic rings. The molecule has 1 aromatic heterocycles. The van der Waals surface area contributed by atoms with Crippen molar-refractivity contribution in [3.63, 3.8) is 0 Å². The number of nitrogens with zero attached hydrogens (tertiary/aromatic N) is 3. The molecule has 0 bridgehead atoms. The van der Waals surface area contributed by atoms with Crippen LogP contribution in [0.15, 0.2) is 46.5 Å². The van der Waals surface area contributed by atoms with Gasteiger partial charge in [0.15, 0.2) is 5.13 Å². The molecule has 9 heteroatoms. The molecule has 3 rings (SSSR count). The number of benzene rings is 1. The zero-order valence-electron chi connectivity index (χ0n) is 15.7. The number of amides is 2. The lowest BCUT2D eigenvalue weighted by Gasteiger charge is -2.14. The summed E-state index contributed by atoms with van der Waals surface area (Å²) < 4.78 is 5.25. The number of ether oxygens (including phenoxy) is 1. The lowest BCUT2D eigenvalue weighted by Crippen LogP contribution is -2.27. The van der Waals surface area contributed by atoms with Gasteiger partial charge in [0.2, 0.25) is 0 Å². The number of hydrogen-bond donors (Lipinski definition) is 3. The maximum Gasteiger partial charge on any atom is 0.321 e. The summed E-state index contributed by atoms with van der Waals surface area (Å²) in [6.45, 7) is 5.16. The number of aliphatic imine (C=N–C) groups is 1. The van der Waals surface area contributed by atoms with Crippen molar-refractivity contribution in [2.24, 2.45) is 10.7 Å². The molecule has 148 valence electrons. The number of thiazole rings is 1. The number of nitrogens with one attached hydrogen (secondary N) is 2. The number of carbonyl (C=O) groups excluding carboxylic acids is 1. The first-order valence-electron chi connectivity index (χ1n) is 9.09. The molecule has 28 heavy (non-hydrogen) atoms. The molecule has 2 amide bonds. The molecule has 0 atom stereocenters. The van der Waals surface area contributed by atoms with Crippen LogP contribution >= 0.6 is 11.3 Å². The normalized spacial score (nSPS) is 14.7. The van der Waals surface area contributed by atoms with Gasteiger partial charge in [-0.15, -0.1) is 11.3 Å². The van der Waals surface area contributed by atoms with Crippen LogP contribution < -0.4 is 21.3 Å². The van der Waals surface area contributed by atoms with Crippen LogP contribution in [-0.2, 0) is 4.74 Å². The van der Waals surface area contributed by atoms with Gasteiger partial charge in [0, 0.05) is 48.7 Å². The van der Waals surface area contributed by atoms with Gasteiger partial charge in [-0.2, -0.15) is 0 Å². The highest BCUT2D eigenvalue weighted by Crippen LogP contribution is 2.27. The van der Waals surface area contributed by atoms with E-state index in [2.05, 4.69) is 20.6 Å². The van der Waals surface area contributed by atoms with Gasteiger partial charge in [0.05, 0.1) is 24.5 Å². The number of carbonyl (C=O) groups is 1. The summed E-state index contributed by atoms with van der Waals surface area (Å²) in [5.41, 5.74) is 9.05. The Labute approximate surface area is 168 Å². The Balaban J connectivity index is 1.61. The largest absolute Gasteiger partial charge is 0.403 e. The number of anilines is 2. The molecule has 1 aliphatic heterocycles. The molecular weight excluding hydrogens is 376 g/mol. The maximum atomic E-state index is 11.8. The SMILES string of the molecule is CCOCCN=CC(=CN)Nc1nc(-c2ccc(N3CCNC3=O)cc2)cs1. The summed E-state index contributed by atoms with van der Waals surface area (Å²) in [6, 6.07) is 7.74. The van der Waals surface area contributed by atoms with Crippen LogP contribution in [-0.4, -0.2) is 50.1 Å². The van der Waals surface area contributed by atoms with Crippen LogP contribution in [0.3, 0.4) is 0 Å². The molecule has 1 saturated heterocycles. The van der Waals surface area contributed by atoms with Crippen molar-refractivity contribution >= 4 is 34.4 Å². The lowest BCUT2D eigenvalue weighted by atomic mass is 10.1. The topological polar surface area (TPSA) is 105 Å². The van der Waals surface area contributed by atoms with Crippen molar-refractivity contribution < 1.29 is 9.53 Å². The van der Waals surface area contributed by atoms with Crippen LogP contribution in [0, 0.1) is 0 Å². The summed E-state index contributed by atoms with van der Waals surface area (Å²) in [5, 5.41) is 8.66. The Hall–Kier alpha value is -2.91. The number of hydrogen-bond acceptors (Lipinski definition) is 7. The van der Waals surface area contributed by atoms with Crippen LogP contribution in [0.1, 0.15) is 6.92 Å². The monoisotopic (exact) mass is 400 g/mol. The van der Waals surface area contributed by atoms with Crippen LogP contribution in [0.25, 0.3) is 11.3 Å². The first-order valence-corrected chi connectivity index (χ1v) is 9.97. The predicted molar refractivity (Wildman–Crippen MR) is 114 cm³/mol. The number of aromatic nitrogens is 1. The summed E-state index contributed by atoms with van der Waals surface area (Å²) in [7, 11) is 0. The van der Waals surface area contributed by atoms with E-state index >= 15 is 0 Å². The number of allylic oxidation sites excluding steroid dienone is 1. The van der Waals surface area contributed by atoms with Gasteiger partial charge in [0.1, 0.15) is 0 Å². The second-order valence-electron chi connectivity index (χ2n) is 5.95. The standard InChI is InChI=1S/C19H24N6O2S/c1-2-27-10-8-21-12-15(11-20)23-18-24-17(13-28-18)14-3-5-16(6-4-14)25-9-7-22-19(25)26/h3-6,11-13H,2,7-10,20H2,1H3,(H,22,26)(H,23,24). The van der Waals surface area contributed by atoms with E-state index in [0.717, 1.165) is 22.1 Å². The van der Waals surface area contributed by atoms with Crippen molar-refractivity contribution in [1.29, 1.82) is 0 Å². The van der Waals surface area contributed by atoms with Crippen molar-refractivity contribution in [2.75, 3.05) is 43.1 Å². The molecule has 0 saturated carbocycles. The van der Waals surface area contributed by atoms with E-state index in [9.17, 15) is 4.79 Å². The fourth-order valence-electron chi connectivity index (χ4n) is 2.66. The van der Waals surface area contributed by atoms with E-state index in [4.69, 9.17) is 10.5 Å². The second-order valence-corrected chi connectivity index (χ2v) is 6.81. The Kier molecular flexibility index (Phi) is 6.99. The van der Waals surface area contributed by atoms with Gasteiger partial charge in [-0.05, 0) is 19.1 Å². The Bertz CT molecular complexity index is 846. The third-order valence-electron chi connectivity index (χ3n) is 4.07. The summed E-state index contributed by atoms with van der Waals surface area (Å²) in [6.07, 6.45) is 3.14.